The molecule has 3 amide bonds. The number of hydrogen-bond acceptors (Lipinski definition) is 5. The van der Waals surface area contributed by atoms with Crippen LogP contribution in [0.2, 0.25) is 0 Å². The number of thioether (sulfide) groups is 1. The number of hydrogen-bond donors (Lipinski definition) is 2. The van der Waals surface area contributed by atoms with Crippen LogP contribution in [0.3, 0.4) is 0 Å². The van der Waals surface area contributed by atoms with Crippen molar-refractivity contribution >= 4 is 41.9 Å². The molecule has 0 radical (unpaired) electrons. The number of likely N-dealkylation sites (tertiary alicyclic amines) is 1. The standard InChI is InChI=1S/C17H29N3O3S.ClH/c1-3-8-18-9-10-19-15(21)14(11-24-2)20-16(22)12-6-4-5-7-13(12)17(20)23;/h12-14,18H,3-11H2,1-2H3,(H,19,21);1H. The maximum Gasteiger partial charge on any atom is 0.244 e. The van der Waals surface area contributed by atoms with Gasteiger partial charge in [0.25, 0.3) is 0 Å². The average molecular weight is 392 g/mol. The minimum Gasteiger partial charge on any atom is -0.353 e. The molecule has 0 spiro atoms. The first-order valence-electron chi connectivity index (χ1n) is 8.96. The lowest BCUT2D eigenvalue weighted by atomic mass is 9.81. The molecular formula is C17H30ClN3O3S. The van der Waals surface area contributed by atoms with Crippen LogP contribution in [0, 0.1) is 11.8 Å². The second kappa shape index (κ2) is 11.0. The van der Waals surface area contributed by atoms with Gasteiger partial charge in [-0.2, -0.15) is 11.8 Å². The second-order valence-corrected chi connectivity index (χ2v) is 7.47. The van der Waals surface area contributed by atoms with Gasteiger partial charge in [0.2, 0.25) is 17.7 Å². The summed E-state index contributed by atoms with van der Waals surface area (Å²) in [7, 11) is 0. The van der Waals surface area contributed by atoms with Crippen LogP contribution in [0.5, 0.6) is 0 Å². The molecule has 2 fully saturated rings. The van der Waals surface area contributed by atoms with Crippen molar-refractivity contribution in [2.45, 2.75) is 45.1 Å². The molecule has 2 rings (SSSR count). The molecule has 1 heterocycles. The van der Waals surface area contributed by atoms with Gasteiger partial charge in [0.05, 0.1) is 11.8 Å². The van der Waals surface area contributed by atoms with Gasteiger partial charge in [-0.05, 0) is 32.1 Å². The predicted octanol–water partition coefficient (Wildman–Crippen LogP) is 1.43. The monoisotopic (exact) mass is 391 g/mol. The van der Waals surface area contributed by atoms with E-state index < -0.39 is 6.04 Å². The summed E-state index contributed by atoms with van der Waals surface area (Å²) >= 11 is 1.49. The van der Waals surface area contributed by atoms with Gasteiger partial charge in [-0.1, -0.05) is 19.8 Å². The zero-order chi connectivity index (χ0) is 17.5. The summed E-state index contributed by atoms with van der Waals surface area (Å²) in [6.45, 7) is 4.20. The third kappa shape index (κ3) is 5.34. The summed E-state index contributed by atoms with van der Waals surface area (Å²) in [5.74, 6) is -0.441. The Bertz CT molecular complexity index is 454. The molecule has 3 atom stereocenters. The Morgan fingerprint density at radius 1 is 1.16 bits per heavy atom. The van der Waals surface area contributed by atoms with Crippen LogP contribution in [0.1, 0.15) is 39.0 Å². The van der Waals surface area contributed by atoms with E-state index in [-0.39, 0.29) is 42.0 Å². The number of imide groups is 1. The minimum atomic E-state index is -0.684. The molecule has 1 aliphatic carbocycles. The average Bonchev–Trinajstić information content (AvgIpc) is 2.84. The maximum atomic E-state index is 12.7. The van der Waals surface area contributed by atoms with E-state index in [2.05, 4.69) is 17.6 Å². The van der Waals surface area contributed by atoms with E-state index in [1.54, 1.807) is 0 Å². The quantitative estimate of drug-likeness (QED) is 0.459. The van der Waals surface area contributed by atoms with E-state index in [0.717, 1.165) is 38.6 Å². The minimum absolute atomic E-state index is 0. The largest absolute Gasteiger partial charge is 0.353 e. The predicted molar refractivity (Wildman–Crippen MR) is 103 cm³/mol. The molecule has 1 saturated heterocycles. The molecule has 0 aromatic rings. The Hall–Kier alpha value is -0.790. The Kier molecular flexibility index (Phi) is 9.82. The molecule has 0 bridgehead atoms. The van der Waals surface area contributed by atoms with Crippen molar-refractivity contribution in [2.75, 3.05) is 31.6 Å². The highest BCUT2D eigenvalue weighted by atomic mass is 35.5. The van der Waals surface area contributed by atoms with Crippen LogP contribution >= 0.6 is 24.2 Å². The molecule has 1 aliphatic heterocycles. The van der Waals surface area contributed by atoms with E-state index in [1.165, 1.54) is 16.7 Å². The Labute approximate surface area is 160 Å². The van der Waals surface area contributed by atoms with Crippen molar-refractivity contribution in [3.05, 3.63) is 0 Å². The van der Waals surface area contributed by atoms with E-state index in [4.69, 9.17) is 0 Å². The summed E-state index contributed by atoms with van der Waals surface area (Å²) in [6.07, 6.45) is 6.48. The van der Waals surface area contributed by atoms with Crippen LogP contribution in [0.15, 0.2) is 0 Å². The Morgan fingerprint density at radius 3 is 2.28 bits per heavy atom. The molecule has 0 aromatic carbocycles. The topological polar surface area (TPSA) is 78.5 Å². The number of nitrogens with one attached hydrogen (secondary N) is 2. The third-order valence-corrected chi connectivity index (χ3v) is 5.49. The van der Waals surface area contributed by atoms with Gasteiger partial charge < -0.3 is 10.6 Å². The second-order valence-electron chi connectivity index (χ2n) is 6.56. The highest BCUT2D eigenvalue weighted by Crippen LogP contribution is 2.39. The zero-order valence-electron chi connectivity index (χ0n) is 15.1. The van der Waals surface area contributed by atoms with Gasteiger partial charge in [-0.3, -0.25) is 19.3 Å². The molecular weight excluding hydrogens is 362 g/mol. The fourth-order valence-corrected chi connectivity index (χ4v) is 4.23. The number of nitrogens with zero attached hydrogens (tertiary/aromatic N) is 1. The van der Waals surface area contributed by atoms with Crippen LogP contribution in [-0.4, -0.2) is 60.3 Å². The van der Waals surface area contributed by atoms with Crippen molar-refractivity contribution in [3.8, 4) is 0 Å². The summed E-state index contributed by atoms with van der Waals surface area (Å²) in [6, 6.07) is -0.684. The Balaban J connectivity index is 0.00000312. The number of carbonyl (C=O) groups excluding carboxylic acids is 3. The summed E-state index contributed by atoms with van der Waals surface area (Å²) in [5, 5.41) is 6.09. The fraction of sp³-hybridized carbons (Fsp3) is 0.824. The Morgan fingerprint density at radius 2 is 1.76 bits per heavy atom. The van der Waals surface area contributed by atoms with Gasteiger partial charge in [-0.25, -0.2) is 0 Å². The molecule has 3 unspecified atom stereocenters. The number of amides is 3. The molecule has 144 valence electrons. The van der Waals surface area contributed by atoms with Crippen LogP contribution in [-0.2, 0) is 14.4 Å². The van der Waals surface area contributed by atoms with Crippen molar-refractivity contribution in [3.63, 3.8) is 0 Å². The van der Waals surface area contributed by atoms with Gasteiger partial charge in [0.15, 0.2) is 0 Å². The van der Waals surface area contributed by atoms with E-state index >= 15 is 0 Å². The molecule has 2 aliphatic rings. The smallest absolute Gasteiger partial charge is 0.244 e. The maximum absolute atomic E-state index is 12.7. The van der Waals surface area contributed by atoms with E-state index in [9.17, 15) is 14.4 Å². The van der Waals surface area contributed by atoms with Crippen LogP contribution in [0.25, 0.3) is 0 Å². The first-order valence-corrected chi connectivity index (χ1v) is 10.4. The van der Waals surface area contributed by atoms with E-state index in [0.29, 0.717) is 18.8 Å². The highest BCUT2D eigenvalue weighted by Gasteiger charge is 2.51. The molecule has 0 aromatic heterocycles. The number of rotatable bonds is 9. The lowest BCUT2D eigenvalue weighted by Crippen LogP contribution is -2.52. The van der Waals surface area contributed by atoms with Gasteiger partial charge in [0.1, 0.15) is 6.04 Å². The molecule has 1 saturated carbocycles. The first kappa shape index (κ1) is 22.3. The highest BCUT2D eigenvalue weighted by molar-refractivity contribution is 7.98. The van der Waals surface area contributed by atoms with E-state index in [1.807, 2.05) is 6.26 Å². The SMILES string of the molecule is CCCNCCNC(=O)C(CSC)N1C(=O)C2CCCCC2C1=O.Cl. The van der Waals surface area contributed by atoms with Crippen LogP contribution < -0.4 is 10.6 Å². The van der Waals surface area contributed by atoms with Crippen molar-refractivity contribution in [1.82, 2.24) is 15.5 Å². The van der Waals surface area contributed by atoms with Crippen molar-refractivity contribution in [2.24, 2.45) is 11.8 Å². The summed E-state index contributed by atoms with van der Waals surface area (Å²) in [5.41, 5.74) is 0. The van der Waals surface area contributed by atoms with Gasteiger partial charge in [-0.15, -0.1) is 12.4 Å². The molecule has 25 heavy (non-hydrogen) atoms. The summed E-state index contributed by atoms with van der Waals surface area (Å²) < 4.78 is 0. The van der Waals surface area contributed by atoms with Crippen LogP contribution in [0.4, 0.5) is 0 Å². The van der Waals surface area contributed by atoms with Gasteiger partial charge >= 0.3 is 0 Å². The first-order chi connectivity index (χ1) is 11.6. The molecule has 8 heteroatoms. The number of halogens is 1. The molecule has 6 nitrogen and oxygen atoms in total. The van der Waals surface area contributed by atoms with Crippen molar-refractivity contribution in [1.29, 1.82) is 0 Å². The number of fused-ring (bicyclic) bond motifs is 1. The third-order valence-electron chi connectivity index (χ3n) is 4.84. The molecule has 2 N–H and O–H groups in total. The summed E-state index contributed by atoms with van der Waals surface area (Å²) in [4.78, 5) is 39.2. The fourth-order valence-electron chi connectivity index (χ4n) is 3.61. The van der Waals surface area contributed by atoms with Gasteiger partial charge in [0, 0.05) is 18.8 Å². The zero-order valence-corrected chi connectivity index (χ0v) is 16.7. The lowest BCUT2D eigenvalue weighted by Gasteiger charge is -2.25. The lowest BCUT2D eigenvalue weighted by molar-refractivity contribution is -0.147. The van der Waals surface area contributed by atoms with Crippen molar-refractivity contribution < 1.29 is 14.4 Å². The normalized spacial score (nSPS) is 23.8. The number of carbonyl (C=O) groups is 3.